The summed E-state index contributed by atoms with van der Waals surface area (Å²) in [6.45, 7) is -1.16. The highest BCUT2D eigenvalue weighted by Crippen LogP contribution is 2.21. The molecule has 0 fully saturated rings. The standard InChI is InChI=1S/C17H17F2N3O2.ClH/c18-16(19)24-15-3-1-2-13(9-15)21-17(23)22-14-5-4-12-10-20-7-6-11(12)8-14;/h1-5,8-9,16,20H,6-7,10H2,(H2,21,22,23);1H. The third-order valence-electron chi connectivity index (χ3n) is 3.67. The molecule has 2 aromatic rings. The molecule has 0 bridgehead atoms. The molecule has 134 valence electrons. The molecule has 1 aliphatic rings. The summed E-state index contributed by atoms with van der Waals surface area (Å²) in [7, 11) is 0. The quantitative estimate of drug-likeness (QED) is 0.763. The van der Waals surface area contributed by atoms with Gasteiger partial charge in [0.05, 0.1) is 0 Å². The number of benzene rings is 2. The smallest absolute Gasteiger partial charge is 0.387 e. The van der Waals surface area contributed by atoms with Gasteiger partial charge >= 0.3 is 12.6 Å². The maximum absolute atomic E-state index is 12.2. The molecule has 8 heteroatoms. The van der Waals surface area contributed by atoms with Gasteiger partial charge in [-0.25, -0.2) is 4.79 Å². The van der Waals surface area contributed by atoms with Crippen LogP contribution in [0.1, 0.15) is 11.1 Å². The number of ether oxygens (including phenoxy) is 1. The van der Waals surface area contributed by atoms with Crippen molar-refractivity contribution in [1.82, 2.24) is 5.32 Å². The van der Waals surface area contributed by atoms with Gasteiger partial charge in [-0.1, -0.05) is 12.1 Å². The molecule has 0 saturated heterocycles. The first-order valence-electron chi connectivity index (χ1n) is 7.55. The van der Waals surface area contributed by atoms with Crippen LogP contribution in [0.5, 0.6) is 5.75 Å². The zero-order chi connectivity index (χ0) is 16.9. The number of hydrogen-bond acceptors (Lipinski definition) is 3. The first kappa shape index (κ1) is 19.0. The minimum Gasteiger partial charge on any atom is -0.435 e. The topological polar surface area (TPSA) is 62.4 Å². The maximum atomic E-state index is 12.2. The second-order valence-electron chi connectivity index (χ2n) is 5.40. The summed E-state index contributed by atoms with van der Waals surface area (Å²) >= 11 is 0. The molecule has 0 saturated carbocycles. The van der Waals surface area contributed by atoms with E-state index in [2.05, 4.69) is 20.7 Å². The molecule has 1 heterocycles. The van der Waals surface area contributed by atoms with E-state index in [9.17, 15) is 13.6 Å². The Bertz CT molecular complexity index is 744. The van der Waals surface area contributed by atoms with Gasteiger partial charge in [-0.15, -0.1) is 12.4 Å². The Morgan fingerprint density at radius 2 is 1.84 bits per heavy atom. The molecule has 2 aromatic carbocycles. The fraction of sp³-hybridized carbons (Fsp3) is 0.235. The molecule has 0 aromatic heterocycles. The van der Waals surface area contributed by atoms with Crippen molar-refractivity contribution in [3.8, 4) is 5.75 Å². The predicted molar refractivity (Wildman–Crippen MR) is 94.8 cm³/mol. The SMILES string of the molecule is Cl.O=C(Nc1cccc(OC(F)F)c1)Nc1ccc2c(c1)CCNC2. The fourth-order valence-corrected chi connectivity index (χ4v) is 2.60. The largest absolute Gasteiger partial charge is 0.435 e. The zero-order valence-electron chi connectivity index (χ0n) is 13.2. The number of anilines is 2. The van der Waals surface area contributed by atoms with Gasteiger partial charge in [0.1, 0.15) is 5.75 Å². The number of alkyl halides is 2. The number of nitrogens with one attached hydrogen (secondary N) is 3. The number of carbonyl (C=O) groups excluding carboxylic acids is 1. The number of amides is 2. The maximum Gasteiger partial charge on any atom is 0.387 e. The van der Waals surface area contributed by atoms with Gasteiger partial charge in [0, 0.05) is 24.0 Å². The fourth-order valence-electron chi connectivity index (χ4n) is 2.60. The molecular weight excluding hydrogens is 352 g/mol. The van der Waals surface area contributed by atoms with Crippen LogP contribution in [0.15, 0.2) is 42.5 Å². The van der Waals surface area contributed by atoms with Crippen LogP contribution in [-0.2, 0) is 13.0 Å². The average molecular weight is 370 g/mol. The van der Waals surface area contributed by atoms with Crippen LogP contribution in [0.4, 0.5) is 25.0 Å². The van der Waals surface area contributed by atoms with Crippen molar-refractivity contribution in [2.24, 2.45) is 0 Å². The Labute approximate surface area is 150 Å². The number of hydrogen-bond donors (Lipinski definition) is 3. The summed E-state index contributed by atoms with van der Waals surface area (Å²) in [6, 6.07) is 11.2. The lowest BCUT2D eigenvalue weighted by molar-refractivity contribution is -0.0497. The molecule has 1 aliphatic heterocycles. The van der Waals surface area contributed by atoms with Crippen molar-refractivity contribution in [2.75, 3.05) is 17.2 Å². The number of fused-ring (bicyclic) bond motifs is 1. The van der Waals surface area contributed by atoms with Gasteiger partial charge < -0.3 is 20.7 Å². The van der Waals surface area contributed by atoms with Gasteiger partial charge in [0.15, 0.2) is 0 Å². The van der Waals surface area contributed by atoms with Gasteiger partial charge in [-0.05, 0) is 48.4 Å². The van der Waals surface area contributed by atoms with E-state index in [1.165, 1.54) is 29.3 Å². The van der Waals surface area contributed by atoms with E-state index in [4.69, 9.17) is 0 Å². The van der Waals surface area contributed by atoms with Crippen LogP contribution < -0.4 is 20.7 Å². The summed E-state index contributed by atoms with van der Waals surface area (Å²) < 4.78 is 28.7. The molecule has 0 radical (unpaired) electrons. The van der Waals surface area contributed by atoms with Gasteiger partial charge in [0.2, 0.25) is 0 Å². The second kappa shape index (κ2) is 8.64. The van der Waals surface area contributed by atoms with Crippen molar-refractivity contribution in [2.45, 2.75) is 19.6 Å². The van der Waals surface area contributed by atoms with Crippen molar-refractivity contribution >= 4 is 29.8 Å². The average Bonchev–Trinajstić information content (AvgIpc) is 2.54. The Morgan fingerprint density at radius 1 is 1.08 bits per heavy atom. The zero-order valence-corrected chi connectivity index (χ0v) is 14.0. The summed E-state index contributed by atoms with van der Waals surface area (Å²) in [5.74, 6) is -0.0101. The van der Waals surface area contributed by atoms with Gasteiger partial charge in [-0.3, -0.25) is 0 Å². The van der Waals surface area contributed by atoms with Crippen LogP contribution >= 0.6 is 12.4 Å². The van der Waals surface area contributed by atoms with E-state index in [1.807, 2.05) is 18.2 Å². The first-order valence-corrected chi connectivity index (χ1v) is 7.55. The molecular formula is C17H18ClF2N3O2. The molecule has 0 atom stereocenters. The highest BCUT2D eigenvalue weighted by atomic mass is 35.5. The highest BCUT2D eigenvalue weighted by molar-refractivity contribution is 5.99. The molecule has 3 N–H and O–H groups in total. The number of halogens is 3. The van der Waals surface area contributed by atoms with Crippen LogP contribution in [0, 0.1) is 0 Å². The molecule has 0 aliphatic carbocycles. The molecule has 5 nitrogen and oxygen atoms in total. The molecule has 0 spiro atoms. The first-order chi connectivity index (χ1) is 11.6. The normalized spacial score (nSPS) is 12.8. The van der Waals surface area contributed by atoms with Crippen LogP contribution in [0.25, 0.3) is 0 Å². The Morgan fingerprint density at radius 3 is 2.60 bits per heavy atom. The van der Waals surface area contributed by atoms with Crippen LogP contribution in [0.3, 0.4) is 0 Å². The lowest BCUT2D eigenvalue weighted by Gasteiger charge is -2.18. The van der Waals surface area contributed by atoms with E-state index in [1.54, 1.807) is 6.07 Å². The minimum atomic E-state index is -2.90. The van der Waals surface area contributed by atoms with Crippen molar-refractivity contribution in [3.05, 3.63) is 53.6 Å². The minimum absolute atomic E-state index is 0. The number of urea groups is 1. The summed E-state index contributed by atoms with van der Waals surface area (Å²) in [5.41, 5.74) is 3.49. The van der Waals surface area contributed by atoms with E-state index >= 15 is 0 Å². The number of carbonyl (C=O) groups is 1. The Kier molecular flexibility index (Phi) is 6.55. The van der Waals surface area contributed by atoms with Crippen molar-refractivity contribution < 1.29 is 18.3 Å². The van der Waals surface area contributed by atoms with Crippen LogP contribution in [0.2, 0.25) is 0 Å². The molecule has 2 amide bonds. The van der Waals surface area contributed by atoms with Crippen LogP contribution in [-0.4, -0.2) is 19.2 Å². The summed E-state index contributed by atoms with van der Waals surface area (Å²) in [4.78, 5) is 12.1. The van der Waals surface area contributed by atoms with Crippen molar-refractivity contribution in [3.63, 3.8) is 0 Å². The van der Waals surface area contributed by atoms with Gasteiger partial charge in [-0.2, -0.15) is 8.78 Å². The predicted octanol–water partition coefficient (Wildman–Crippen LogP) is 4.00. The van der Waals surface area contributed by atoms with Crippen molar-refractivity contribution in [1.29, 1.82) is 0 Å². The van der Waals surface area contributed by atoms with E-state index in [-0.39, 0.29) is 18.2 Å². The molecule has 25 heavy (non-hydrogen) atoms. The van der Waals surface area contributed by atoms with E-state index in [0.29, 0.717) is 11.4 Å². The van der Waals surface area contributed by atoms with E-state index < -0.39 is 12.6 Å². The molecule has 3 rings (SSSR count). The Hall–Kier alpha value is -2.38. The Balaban J connectivity index is 0.00000225. The van der Waals surface area contributed by atoms with E-state index in [0.717, 1.165) is 19.5 Å². The third kappa shape index (κ3) is 5.30. The van der Waals surface area contributed by atoms with Gasteiger partial charge in [0.25, 0.3) is 0 Å². The monoisotopic (exact) mass is 369 g/mol. The third-order valence-corrected chi connectivity index (χ3v) is 3.67. The highest BCUT2D eigenvalue weighted by Gasteiger charge is 2.11. The molecule has 0 unspecified atom stereocenters. The summed E-state index contributed by atoms with van der Waals surface area (Å²) in [5, 5.41) is 8.63. The number of rotatable bonds is 4. The summed E-state index contributed by atoms with van der Waals surface area (Å²) in [6.07, 6.45) is 0.916. The second-order valence-corrected chi connectivity index (χ2v) is 5.40. The lowest BCUT2D eigenvalue weighted by Crippen LogP contribution is -2.24. The lowest BCUT2D eigenvalue weighted by atomic mass is 10.0.